The van der Waals surface area contributed by atoms with E-state index < -0.39 is 6.10 Å². The van der Waals surface area contributed by atoms with Crippen molar-refractivity contribution in [2.24, 2.45) is 0 Å². The summed E-state index contributed by atoms with van der Waals surface area (Å²) < 4.78 is 5.06. The topological polar surface area (TPSA) is 82.9 Å². The molecule has 1 atom stereocenters. The Morgan fingerprint density at radius 2 is 2.25 bits per heavy atom. The molecule has 1 aliphatic rings. The van der Waals surface area contributed by atoms with Crippen molar-refractivity contribution in [1.82, 2.24) is 10.1 Å². The minimum atomic E-state index is -0.707. The lowest BCUT2D eigenvalue weighted by Gasteiger charge is -2.01. The second kappa shape index (κ2) is 5.08. The molecule has 1 aliphatic carbocycles. The number of aliphatic hydroxyl groups is 1. The quantitative estimate of drug-likeness (QED) is 0.833. The van der Waals surface area contributed by atoms with Crippen LogP contribution in [-0.4, -0.2) is 21.4 Å². The van der Waals surface area contributed by atoms with Gasteiger partial charge in [-0.2, -0.15) is 10.2 Å². The molecule has 16 heavy (non-hydrogen) atoms. The van der Waals surface area contributed by atoms with Crippen LogP contribution in [0.15, 0.2) is 4.52 Å². The molecule has 1 unspecified atom stereocenters. The molecule has 0 saturated heterocycles. The van der Waals surface area contributed by atoms with Gasteiger partial charge in [-0.3, -0.25) is 0 Å². The zero-order chi connectivity index (χ0) is 11.4. The Hall–Kier alpha value is -1.41. The Morgan fingerprint density at radius 1 is 1.50 bits per heavy atom. The van der Waals surface area contributed by atoms with Gasteiger partial charge in [-0.05, 0) is 12.8 Å². The van der Waals surface area contributed by atoms with Crippen LogP contribution in [0.4, 0.5) is 0 Å². The van der Waals surface area contributed by atoms with E-state index in [-0.39, 0.29) is 12.8 Å². The van der Waals surface area contributed by atoms with Gasteiger partial charge >= 0.3 is 0 Å². The molecule has 1 saturated carbocycles. The number of rotatable bonds is 4. The fraction of sp³-hybridized carbons (Fsp3) is 0.727. The molecule has 5 nitrogen and oxygen atoms in total. The molecular formula is C11H15N3O2. The monoisotopic (exact) mass is 221 g/mol. The molecule has 0 spiro atoms. The van der Waals surface area contributed by atoms with Crippen molar-refractivity contribution < 1.29 is 9.63 Å². The molecular weight excluding hydrogens is 206 g/mol. The molecule has 0 aromatic carbocycles. The van der Waals surface area contributed by atoms with Crippen LogP contribution in [0.2, 0.25) is 0 Å². The lowest BCUT2D eigenvalue weighted by Crippen LogP contribution is -2.09. The molecule has 0 aliphatic heterocycles. The average Bonchev–Trinajstić information content (AvgIpc) is 2.86. The molecule has 1 fully saturated rings. The smallest absolute Gasteiger partial charge is 0.229 e. The van der Waals surface area contributed by atoms with Gasteiger partial charge in [0.1, 0.15) is 0 Å². The molecule has 2 rings (SSSR count). The van der Waals surface area contributed by atoms with E-state index in [4.69, 9.17) is 9.78 Å². The maximum Gasteiger partial charge on any atom is 0.229 e. The number of nitriles is 1. The standard InChI is InChI=1S/C11H15N3O2/c12-6-5-9(15)7-10-13-11(14-16-10)8-3-1-2-4-8/h8-9,15H,1-5,7H2. The van der Waals surface area contributed by atoms with Gasteiger partial charge in [-0.1, -0.05) is 18.0 Å². The van der Waals surface area contributed by atoms with Gasteiger partial charge in [-0.25, -0.2) is 0 Å². The van der Waals surface area contributed by atoms with Gasteiger partial charge in [0.25, 0.3) is 0 Å². The highest BCUT2D eigenvalue weighted by atomic mass is 16.5. The zero-order valence-corrected chi connectivity index (χ0v) is 9.09. The summed E-state index contributed by atoms with van der Waals surface area (Å²) in [5, 5.41) is 21.8. The molecule has 0 amide bonds. The van der Waals surface area contributed by atoms with Crippen LogP contribution in [0.25, 0.3) is 0 Å². The van der Waals surface area contributed by atoms with Gasteiger partial charge in [0.2, 0.25) is 5.89 Å². The Morgan fingerprint density at radius 3 is 2.94 bits per heavy atom. The molecule has 86 valence electrons. The largest absolute Gasteiger partial charge is 0.392 e. The van der Waals surface area contributed by atoms with Gasteiger partial charge in [0, 0.05) is 5.92 Å². The summed E-state index contributed by atoms with van der Waals surface area (Å²) in [6.07, 6.45) is 4.37. The summed E-state index contributed by atoms with van der Waals surface area (Å²) >= 11 is 0. The van der Waals surface area contributed by atoms with Crippen LogP contribution >= 0.6 is 0 Å². The van der Waals surface area contributed by atoms with E-state index in [9.17, 15) is 5.11 Å². The second-order valence-corrected chi connectivity index (χ2v) is 4.25. The van der Waals surface area contributed by atoms with Crippen molar-refractivity contribution >= 4 is 0 Å². The number of hydrogen-bond acceptors (Lipinski definition) is 5. The van der Waals surface area contributed by atoms with E-state index >= 15 is 0 Å². The van der Waals surface area contributed by atoms with E-state index in [2.05, 4.69) is 10.1 Å². The molecule has 0 radical (unpaired) electrons. The summed E-state index contributed by atoms with van der Waals surface area (Å²) in [4.78, 5) is 4.27. The highest BCUT2D eigenvalue weighted by molar-refractivity contribution is 4.98. The number of nitrogens with zero attached hydrogens (tertiary/aromatic N) is 3. The van der Waals surface area contributed by atoms with Crippen LogP contribution in [0.3, 0.4) is 0 Å². The third-order valence-electron chi connectivity index (χ3n) is 2.94. The number of aliphatic hydroxyl groups excluding tert-OH is 1. The minimum Gasteiger partial charge on any atom is -0.392 e. The Balaban J connectivity index is 1.94. The van der Waals surface area contributed by atoms with Crippen molar-refractivity contribution in [2.45, 2.75) is 50.5 Å². The normalized spacial score (nSPS) is 18.5. The third kappa shape index (κ3) is 2.58. The van der Waals surface area contributed by atoms with Crippen molar-refractivity contribution in [3.8, 4) is 6.07 Å². The van der Waals surface area contributed by atoms with Crippen molar-refractivity contribution in [3.63, 3.8) is 0 Å². The lowest BCUT2D eigenvalue weighted by molar-refractivity contribution is 0.167. The van der Waals surface area contributed by atoms with Crippen molar-refractivity contribution in [1.29, 1.82) is 5.26 Å². The van der Waals surface area contributed by atoms with E-state index in [1.165, 1.54) is 12.8 Å². The van der Waals surface area contributed by atoms with Crippen LogP contribution < -0.4 is 0 Å². The molecule has 1 heterocycles. The predicted molar refractivity (Wildman–Crippen MR) is 55.4 cm³/mol. The fourth-order valence-corrected chi connectivity index (χ4v) is 2.08. The fourth-order valence-electron chi connectivity index (χ4n) is 2.08. The number of hydrogen-bond donors (Lipinski definition) is 1. The average molecular weight is 221 g/mol. The second-order valence-electron chi connectivity index (χ2n) is 4.25. The van der Waals surface area contributed by atoms with E-state index in [1.54, 1.807) is 0 Å². The summed E-state index contributed by atoms with van der Waals surface area (Å²) in [5.74, 6) is 1.62. The van der Waals surface area contributed by atoms with Crippen molar-refractivity contribution in [3.05, 3.63) is 11.7 Å². The summed E-state index contributed by atoms with van der Waals surface area (Å²) in [6, 6.07) is 1.91. The molecule has 5 heteroatoms. The minimum absolute atomic E-state index is 0.0984. The first-order chi connectivity index (χ1) is 7.79. The molecule has 1 N–H and O–H groups in total. The summed E-state index contributed by atoms with van der Waals surface area (Å²) in [6.45, 7) is 0. The van der Waals surface area contributed by atoms with Crippen LogP contribution in [0.1, 0.15) is 49.7 Å². The SMILES string of the molecule is N#CCC(O)Cc1nc(C2CCCC2)no1. The van der Waals surface area contributed by atoms with Gasteiger partial charge in [0.15, 0.2) is 5.82 Å². The van der Waals surface area contributed by atoms with Crippen LogP contribution in [-0.2, 0) is 6.42 Å². The Labute approximate surface area is 94.1 Å². The predicted octanol–water partition coefficient (Wildman–Crippen LogP) is 1.54. The Bertz CT molecular complexity index is 377. The highest BCUT2D eigenvalue weighted by Gasteiger charge is 2.22. The summed E-state index contributed by atoms with van der Waals surface area (Å²) in [5.41, 5.74) is 0. The third-order valence-corrected chi connectivity index (χ3v) is 2.94. The zero-order valence-electron chi connectivity index (χ0n) is 9.09. The van der Waals surface area contributed by atoms with E-state index in [1.807, 2.05) is 6.07 Å². The van der Waals surface area contributed by atoms with Crippen LogP contribution in [0, 0.1) is 11.3 Å². The van der Waals surface area contributed by atoms with Gasteiger partial charge < -0.3 is 9.63 Å². The maximum atomic E-state index is 9.43. The first-order valence-corrected chi connectivity index (χ1v) is 5.67. The van der Waals surface area contributed by atoms with Crippen molar-refractivity contribution in [2.75, 3.05) is 0 Å². The molecule has 0 bridgehead atoms. The number of aromatic nitrogens is 2. The lowest BCUT2D eigenvalue weighted by atomic mass is 10.1. The maximum absolute atomic E-state index is 9.43. The highest BCUT2D eigenvalue weighted by Crippen LogP contribution is 2.32. The van der Waals surface area contributed by atoms with E-state index in [0.717, 1.165) is 18.7 Å². The van der Waals surface area contributed by atoms with Crippen LogP contribution in [0.5, 0.6) is 0 Å². The summed E-state index contributed by atoms with van der Waals surface area (Å²) in [7, 11) is 0. The first-order valence-electron chi connectivity index (χ1n) is 5.67. The molecule has 1 aromatic heterocycles. The van der Waals surface area contributed by atoms with Gasteiger partial charge in [-0.15, -0.1) is 0 Å². The van der Waals surface area contributed by atoms with E-state index in [0.29, 0.717) is 11.8 Å². The van der Waals surface area contributed by atoms with Gasteiger partial charge in [0.05, 0.1) is 25.0 Å². The first kappa shape index (κ1) is 11.1. The molecule has 1 aromatic rings. The Kier molecular flexibility index (Phi) is 3.52.